The molecule has 0 aliphatic rings. The van der Waals surface area contributed by atoms with Crippen molar-refractivity contribution in [2.45, 2.75) is 31.8 Å². The van der Waals surface area contributed by atoms with Crippen LogP contribution >= 0.6 is 11.3 Å². The van der Waals surface area contributed by atoms with Gasteiger partial charge in [0.1, 0.15) is 0 Å². The van der Waals surface area contributed by atoms with Gasteiger partial charge in [-0.25, -0.2) is 13.4 Å². The molecule has 5 nitrogen and oxygen atoms in total. The fourth-order valence-corrected chi connectivity index (χ4v) is 4.03. The molecule has 1 aromatic heterocycles. The number of benzene rings is 1. The Morgan fingerprint density at radius 3 is 2.62 bits per heavy atom. The molecule has 0 aliphatic heterocycles. The quantitative estimate of drug-likeness (QED) is 0.912. The molecule has 114 valence electrons. The second-order valence-electron chi connectivity index (χ2n) is 4.92. The minimum atomic E-state index is -3.55. The van der Waals surface area contributed by atoms with Crippen LogP contribution in [0.2, 0.25) is 0 Å². The molecule has 0 saturated heterocycles. The van der Waals surface area contributed by atoms with Crippen molar-refractivity contribution in [2.24, 2.45) is 5.73 Å². The lowest BCUT2D eigenvalue weighted by atomic mass is 10.1. The Hall–Kier alpha value is -1.28. The molecule has 0 bridgehead atoms. The van der Waals surface area contributed by atoms with E-state index in [0.717, 1.165) is 16.3 Å². The standard InChI is InChI=1S/C14H19N3O2S2/c1-10-4-5-12(7-15)6-14(10)21(18,19)17(3)8-13-9-20-11(2)16-13/h4-6,9H,7-8,15H2,1-3H3. The van der Waals surface area contributed by atoms with Crippen LogP contribution in [-0.4, -0.2) is 24.8 Å². The SMILES string of the molecule is Cc1nc(CN(C)S(=O)(=O)c2cc(CN)ccc2C)cs1. The number of aryl methyl sites for hydroxylation is 2. The van der Waals surface area contributed by atoms with E-state index < -0.39 is 10.0 Å². The minimum absolute atomic E-state index is 0.263. The van der Waals surface area contributed by atoms with Crippen LogP contribution in [0.15, 0.2) is 28.5 Å². The van der Waals surface area contributed by atoms with Crippen LogP contribution in [-0.2, 0) is 23.1 Å². The summed E-state index contributed by atoms with van der Waals surface area (Å²) in [5, 5.41) is 2.81. The number of thiazole rings is 1. The van der Waals surface area contributed by atoms with Gasteiger partial charge in [-0.15, -0.1) is 11.3 Å². The largest absolute Gasteiger partial charge is 0.326 e. The number of rotatable bonds is 5. The summed E-state index contributed by atoms with van der Waals surface area (Å²) in [5.41, 5.74) is 7.88. The maximum Gasteiger partial charge on any atom is 0.243 e. The van der Waals surface area contributed by atoms with Crippen LogP contribution in [0.25, 0.3) is 0 Å². The first-order valence-corrected chi connectivity index (χ1v) is 8.83. The average Bonchev–Trinajstić information content (AvgIpc) is 2.84. The molecular weight excluding hydrogens is 306 g/mol. The number of nitrogens with two attached hydrogens (primary N) is 1. The highest BCUT2D eigenvalue weighted by Crippen LogP contribution is 2.22. The van der Waals surface area contributed by atoms with Crippen molar-refractivity contribution in [3.63, 3.8) is 0 Å². The molecule has 2 rings (SSSR count). The van der Waals surface area contributed by atoms with Gasteiger partial charge in [0.25, 0.3) is 0 Å². The highest BCUT2D eigenvalue weighted by Gasteiger charge is 2.23. The third-order valence-electron chi connectivity index (χ3n) is 3.23. The Labute approximate surface area is 129 Å². The summed E-state index contributed by atoms with van der Waals surface area (Å²) >= 11 is 1.51. The van der Waals surface area contributed by atoms with Gasteiger partial charge >= 0.3 is 0 Å². The molecule has 0 aliphatic carbocycles. The third kappa shape index (κ3) is 3.49. The minimum Gasteiger partial charge on any atom is -0.326 e. The molecule has 0 unspecified atom stereocenters. The second kappa shape index (κ2) is 6.23. The zero-order valence-corrected chi connectivity index (χ0v) is 14.0. The molecule has 0 atom stereocenters. The molecule has 1 heterocycles. The first kappa shape index (κ1) is 16.1. The van der Waals surface area contributed by atoms with Crippen molar-refractivity contribution in [2.75, 3.05) is 7.05 Å². The van der Waals surface area contributed by atoms with Crippen LogP contribution in [0, 0.1) is 13.8 Å². The highest BCUT2D eigenvalue weighted by atomic mass is 32.2. The predicted molar refractivity (Wildman–Crippen MR) is 84.6 cm³/mol. The third-order valence-corrected chi connectivity index (χ3v) is 6.00. The molecule has 7 heteroatoms. The van der Waals surface area contributed by atoms with Crippen LogP contribution in [0.1, 0.15) is 21.8 Å². The van der Waals surface area contributed by atoms with E-state index >= 15 is 0 Å². The highest BCUT2D eigenvalue weighted by molar-refractivity contribution is 7.89. The van der Waals surface area contributed by atoms with E-state index in [1.807, 2.05) is 18.4 Å². The zero-order chi connectivity index (χ0) is 15.6. The van der Waals surface area contributed by atoms with Gasteiger partial charge < -0.3 is 5.73 Å². The molecule has 2 N–H and O–H groups in total. The molecule has 1 aromatic carbocycles. The lowest BCUT2D eigenvalue weighted by Gasteiger charge is -2.18. The second-order valence-corrected chi connectivity index (χ2v) is 8.00. The van der Waals surface area contributed by atoms with Gasteiger partial charge in [-0.2, -0.15) is 4.31 Å². The van der Waals surface area contributed by atoms with Crippen molar-refractivity contribution in [1.29, 1.82) is 0 Å². The van der Waals surface area contributed by atoms with Gasteiger partial charge in [0.05, 0.1) is 22.1 Å². The summed E-state index contributed by atoms with van der Waals surface area (Å²) < 4.78 is 26.7. The predicted octanol–water partition coefficient (Wildman–Crippen LogP) is 2.04. The molecular formula is C14H19N3O2S2. The number of hydrogen-bond acceptors (Lipinski definition) is 5. The summed E-state index contributed by atoms with van der Waals surface area (Å²) in [5.74, 6) is 0. The first-order chi connectivity index (χ1) is 9.84. The monoisotopic (exact) mass is 325 g/mol. The van der Waals surface area contributed by atoms with Crippen molar-refractivity contribution >= 4 is 21.4 Å². The van der Waals surface area contributed by atoms with Crippen molar-refractivity contribution < 1.29 is 8.42 Å². The van der Waals surface area contributed by atoms with E-state index in [9.17, 15) is 8.42 Å². The van der Waals surface area contributed by atoms with Gasteiger partial charge in [0.15, 0.2) is 0 Å². The summed E-state index contributed by atoms with van der Waals surface area (Å²) in [4.78, 5) is 4.61. The average molecular weight is 325 g/mol. The van der Waals surface area contributed by atoms with E-state index in [1.54, 1.807) is 26.1 Å². The summed E-state index contributed by atoms with van der Waals surface area (Å²) in [7, 11) is -1.98. The van der Waals surface area contributed by atoms with Crippen molar-refractivity contribution in [3.8, 4) is 0 Å². The number of aromatic nitrogens is 1. The number of sulfonamides is 1. The molecule has 21 heavy (non-hydrogen) atoms. The van der Waals surface area contributed by atoms with E-state index in [0.29, 0.717) is 17.0 Å². The summed E-state index contributed by atoms with van der Waals surface area (Å²) in [6.07, 6.45) is 0. The molecule has 0 amide bonds. The Morgan fingerprint density at radius 2 is 2.05 bits per heavy atom. The molecule has 0 spiro atoms. The zero-order valence-electron chi connectivity index (χ0n) is 12.3. The Balaban J connectivity index is 2.32. The van der Waals surface area contributed by atoms with Gasteiger partial charge in [0.2, 0.25) is 10.0 Å². The van der Waals surface area contributed by atoms with Gasteiger partial charge in [-0.3, -0.25) is 0 Å². The molecule has 2 aromatic rings. The van der Waals surface area contributed by atoms with E-state index in [4.69, 9.17) is 5.73 Å². The molecule has 0 radical (unpaired) electrons. The topological polar surface area (TPSA) is 76.3 Å². The van der Waals surface area contributed by atoms with E-state index in [-0.39, 0.29) is 6.54 Å². The lowest BCUT2D eigenvalue weighted by Crippen LogP contribution is -2.27. The van der Waals surface area contributed by atoms with E-state index in [1.165, 1.54) is 15.6 Å². The molecule has 0 fully saturated rings. The molecule has 0 saturated carbocycles. The fraction of sp³-hybridized carbons (Fsp3) is 0.357. The normalized spacial score (nSPS) is 12.0. The van der Waals surface area contributed by atoms with Gasteiger partial charge in [-0.05, 0) is 31.0 Å². The van der Waals surface area contributed by atoms with Crippen LogP contribution in [0.5, 0.6) is 0 Å². The van der Waals surface area contributed by atoms with Crippen molar-refractivity contribution in [3.05, 3.63) is 45.4 Å². The number of hydrogen-bond donors (Lipinski definition) is 1. The van der Waals surface area contributed by atoms with Crippen LogP contribution < -0.4 is 5.73 Å². The maximum atomic E-state index is 12.7. The summed E-state index contributed by atoms with van der Waals surface area (Å²) in [6.45, 7) is 4.27. The smallest absolute Gasteiger partial charge is 0.243 e. The van der Waals surface area contributed by atoms with Crippen molar-refractivity contribution in [1.82, 2.24) is 9.29 Å². The van der Waals surface area contributed by atoms with Crippen LogP contribution in [0.3, 0.4) is 0 Å². The Morgan fingerprint density at radius 1 is 1.33 bits per heavy atom. The maximum absolute atomic E-state index is 12.7. The van der Waals surface area contributed by atoms with E-state index in [2.05, 4.69) is 4.98 Å². The Bertz CT molecular complexity index is 738. The lowest BCUT2D eigenvalue weighted by molar-refractivity contribution is 0.462. The fourth-order valence-electron chi connectivity index (χ4n) is 2.01. The van der Waals surface area contributed by atoms with Gasteiger partial charge in [-0.1, -0.05) is 12.1 Å². The first-order valence-electron chi connectivity index (χ1n) is 6.51. The van der Waals surface area contributed by atoms with Gasteiger partial charge in [0, 0.05) is 19.0 Å². The number of nitrogens with zero attached hydrogens (tertiary/aromatic N) is 2. The summed E-state index contributed by atoms with van der Waals surface area (Å²) in [6, 6.07) is 5.28. The van der Waals surface area contributed by atoms with Crippen LogP contribution in [0.4, 0.5) is 0 Å². The Kier molecular flexibility index (Phi) is 4.77.